The number of carbonyl (C=O) groups excluding carboxylic acids is 1. The summed E-state index contributed by atoms with van der Waals surface area (Å²) in [5.41, 5.74) is 0. The topological polar surface area (TPSA) is 88.0 Å². The third kappa shape index (κ3) is 3.29. The van der Waals surface area contributed by atoms with Gasteiger partial charge in [-0.3, -0.25) is 10.00 Å². The van der Waals surface area contributed by atoms with Gasteiger partial charge < -0.3 is 10.2 Å². The highest BCUT2D eigenvalue weighted by Gasteiger charge is 2.28. The summed E-state index contributed by atoms with van der Waals surface area (Å²) in [4.78, 5) is 18.6. The van der Waals surface area contributed by atoms with Crippen LogP contribution in [0.4, 0.5) is 15.7 Å². The van der Waals surface area contributed by atoms with Crippen LogP contribution in [-0.2, 0) is 7.05 Å². The molecule has 1 saturated heterocycles. The first-order valence-corrected chi connectivity index (χ1v) is 8.60. The first-order chi connectivity index (χ1) is 11.2. The summed E-state index contributed by atoms with van der Waals surface area (Å²) < 4.78 is 6.07. The molecule has 0 aromatic carbocycles. The molecule has 1 atom stereocenters. The maximum atomic E-state index is 12.1. The second-order valence-electron chi connectivity index (χ2n) is 6.11. The molecule has 9 heteroatoms. The summed E-state index contributed by atoms with van der Waals surface area (Å²) in [5, 5.41) is 10.8. The number of anilines is 2. The molecular formula is C14H19N7OS. The number of rotatable bonds is 4. The van der Waals surface area contributed by atoms with E-state index in [1.165, 1.54) is 11.5 Å². The second-order valence-corrected chi connectivity index (χ2v) is 6.86. The predicted molar refractivity (Wildman–Crippen MR) is 87.9 cm³/mol. The van der Waals surface area contributed by atoms with E-state index in [-0.39, 0.29) is 12.1 Å². The Morgan fingerprint density at radius 1 is 1.39 bits per heavy atom. The van der Waals surface area contributed by atoms with E-state index < -0.39 is 0 Å². The molecule has 3 heterocycles. The number of hydrogen-bond acceptors (Lipinski definition) is 6. The Bertz CT molecular complexity index is 708. The summed E-state index contributed by atoms with van der Waals surface area (Å²) in [6.07, 6.45) is 5.16. The zero-order valence-corrected chi connectivity index (χ0v) is 13.7. The van der Waals surface area contributed by atoms with Crippen LogP contribution in [0, 0.1) is 0 Å². The maximum absolute atomic E-state index is 12.1. The molecule has 2 amide bonds. The highest BCUT2D eigenvalue weighted by atomic mass is 32.1. The van der Waals surface area contributed by atoms with Crippen molar-refractivity contribution in [3.8, 4) is 0 Å². The maximum Gasteiger partial charge on any atom is 0.321 e. The molecule has 122 valence electrons. The lowest BCUT2D eigenvalue weighted by Crippen LogP contribution is -2.39. The molecule has 1 unspecified atom stereocenters. The quantitative estimate of drug-likeness (QED) is 0.886. The van der Waals surface area contributed by atoms with E-state index in [1.807, 2.05) is 19.3 Å². The van der Waals surface area contributed by atoms with E-state index in [1.54, 1.807) is 4.68 Å². The van der Waals surface area contributed by atoms with Crippen LogP contribution >= 0.6 is 11.5 Å². The fourth-order valence-electron chi connectivity index (χ4n) is 2.77. The Morgan fingerprint density at radius 2 is 2.26 bits per heavy atom. The van der Waals surface area contributed by atoms with Crippen LogP contribution in [0.1, 0.15) is 31.0 Å². The molecule has 1 aliphatic carbocycles. The van der Waals surface area contributed by atoms with Gasteiger partial charge in [0, 0.05) is 55.9 Å². The zero-order chi connectivity index (χ0) is 15.8. The van der Waals surface area contributed by atoms with E-state index in [0.717, 1.165) is 44.0 Å². The Labute approximate surface area is 138 Å². The second kappa shape index (κ2) is 5.80. The summed E-state index contributed by atoms with van der Waals surface area (Å²) in [5.74, 6) is 2.33. The van der Waals surface area contributed by atoms with Crippen molar-refractivity contribution >= 4 is 28.5 Å². The molecule has 0 radical (unpaired) electrons. The van der Waals surface area contributed by atoms with Gasteiger partial charge in [-0.1, -0.05) is 0 Å². The third-order valence-corrected chi connectivity index (χ3v) is 4.80. The average Bonchev–Trinajstić information content (AvgIpc) is 2.91. The lowest BCUT2D eigenvalue weighted by atomic mass is 10.3. The Morgan fingerprint density at radius 3 is 3.00 bits per heavy atom. The van der Waals surface area contributed by atoms with Gasteiger partial charge in [-0.15, -0.1) is 0 Å². The minimum Gasteiger partial charge on any atom is -0.353 e. The van der Waals surface area contributed by atoms with Gasteiger partial charge in [0.2, 0.25) is 5.13 Å². The first kappa shape index (κ1) is 14.4. The van der Waals surface area contributed by atoms with Crippen LogP contribution in [0.25, 0.3) is 0 Å². The number of urea groups is 1. The van der Waals surface area contributed by atoms with Crippen molar-refractivity contribution in [3.63, 3.8) is 0 Å². The molecule has 0 bridgehead atoms. The molecule has 1 saturated carbocycles. The van der Waals surface area contributed by atoms with Crippen molar-refractivity contribution in [1.29, 1.82) is 0 Å². The van der Waals surface area contributed by atoms with Gasteiger partial charge in [-0.25, -0.2) is 9.78 Å². The highest BCUT2D eigenvalue weighted by Crippen LogP contribution is 2.39. The van der Waals surface area contributed by atoms with E-state index in [2.05, 4.69) is 30.0 Å². The van der Waals surface area contributed by atoms with Gasteiger partial charge >= 0.3 is 6.03 Å². The molecule has 2 aromatic rings. The van der Waals surface area contributed by atoms with Crippen molar-refractivity contribution in [2.24, 2.45) is 7.05 Å². The van der Waals surface area contributed by atoms with Gasteiger partial charge in [-0.2, -0.15) is 9.47 Å². The average molecular weight is 333 g/mol. The normalized spacial score (nSPS) is 20.7. The number of nitrogens with zero attached hydrogens (tertiary/aromatic N) is 5. The van der Waals surface area contributed by atoms with Gasteiger partial charge in [0.25, 0.3) is 0 Å². The monoisotopic (exact) mass is 333 g/mol. The largest absolute Gasteiger partial charge is 0.353 e. The first-order valence-electron chi connectivity index (χ1n) is 7.83. The molecule has 23 heavy (non-hydrogen) atoms. The molecular weight excluding hydrogens is 314 g/mol. The molecule has 2 fully saturated rings. The van der Waals surface area contributed by atoms with E-state index in [0.29, 0.717) is 11.0 Å². The summed E-state index contributed by atoms with van der Waals surface area (Å²) >= 11 is 1.25. The van der Waals surface area contributed by atoms with Crippen LogP contribution < -0.4 is 15.5 Å². The standard InChI is InChI=1S/C14H19N7OS/c1-20-6-5-11(18-20)21-7-4-10(8-21)15-13(22)17-14-16-12(19-23-14)9-2-3-9/h5-6,9-10H,2-4,7-8H2,1H3,(H2,15,16,17,19,22). The van der Waals surface area contributed by atoms with Crippen LogP contribution in [0.5, 0.6) is 0 Å². The number of hydrogen-bond donors (Lipinski definition) is 2. The van der Waals surface area contributed by atoms with E-state index in [9.17, 15) is 4.79 Å². The van der Waals surface area contributed by atoms with Gasteiger partial charge in [-0.05, 0) is 19.3 Å². The zero-order valence-electron chi connectivity index (χ0n) is 12.9. The van der Waals surface area contributed by atoms with E-state index in [4.69, 9.17) is 0 Å². The summed E-state index contributed by atoms with van der Waals surface area (Å²) in [6.45, 7) is 1.67. The molecule has 1 aliphatic heterocycles. The number of aromatic nitrogens is 4. The Kier molecular flexibility index (Phi) is 3.64. The van der Waals surface area contributed by atoms with Crippen molar-refractivity contribution in [3.05, 3.63) is 18.1 Å². The number of nitrogens with one attached hydrogen (secondary N) is 2. The van der Waals surface area contributed by atoms with Crippen LogP contribution in [0.15, 0.2) is 12.3 Å². The fourth-order valence-corrected chi connectivity index (χ4v) is 3.41. The number of amides is 2. The summed E-state index contributed by atoms with van der Waals surface area (Å²) in [7, 11) is 1.90. The molecule has 8 nitrogen and oxygen atoms in total. The summed E-state index contributed by atoms with van der Waals surface area (Å²) in [6, 6.07) is 1.90. The molecule has 4 rings (SSSR count). The molecule has 2 aliphatic rings. The minimum atomic E-state index is -0.212. The molecule has 0 spiro atoms. The van der Waals surface area contributed by atoms with Crippen molar-refractivity contribution in [2.75, 3.05) is 23.3 Å². The van der Waals surface area contributed by atoms with Crippen LogP contribution in [-0.4, -0.2) is 44.3 Å². The van der Waals surface area contributed by atoms with Gasteiger partial charge in [0.1, 0.15) is 5.82 Å². The van der Waals surface area contributed by atoms with Crippen molar-refractivity contribution in [1.82, 2.24) is 24.5 Å². The Hall–Kier alpha value is -2.16. The smallest absolute Gasteiger partial charge is 0.321 e. The van der Waals surface area contributed by atoms with Crippen LogP contribution in [0.3, 0.4) is 0 Å². The fraction of sp³-hybridized carbons (Fsp3) is 0.571. The predicted octanol–water partition coefficient (Wildman–Crippen LogP) is 1.55. The van der Waals surface area contributed by atoms with Crippen LogP contribution in [0.2, 0.25) is 0 Å². The number of carbonyl (C=O) groups is 1. The van der Waals surface area contributed by atoms with Crippen molar-refractivity contribution < 1.29 is 4.79 Å². The highest BCUT2D eigenvalue weighted by molar-refractivity contribution is 7.09. The van der Waals surface area contributed by atoms with Crippen molar-refractivity contribution in [2.45, 2.75) is 31.2 Å². The van der Waals surface area contributed by atoms with Gasteiger partial charge in [0.15, 0.2) is 5.82 Å². The van der Waals surface area contributed by atoms with E-state index >= 15 is 0 Å². The lowest BCUT2D eigenvalue weighted by molar-refractivity contribution is 0.249. The third-order valence-electron chi connectivity index (χ3n) is 4.15. The SMILES string of the molecule is Cn1ccc(N2CCC(NC(=O)Nc3nc(C4CC4)ns3)C2)n1. The molecule has 2 aromatic heterocycles. The van der Waals surface area contributed by atoms with Gasteiger partial charge in [0.05, 0.1) is 0 Å². The lowest BCUT2D eigenvalue weighted by Gasteiger charge is -2.16. The minimum absolute atomic E-state index is 0.118. The Balaban J connectivity index is 1.28. The number of aryl methyl sites for hydroxylation is 1. The molecule has 2 N–H and O–H groups in total.